The number of rotatable bonds is 3. The number of carbonyl (C=O) groups is 1. The minimum atomic E-state index is -0.860. The molecule has 1 aromatic rings. The Bertz CT molecular complexity index is 400. The minimum Gasteiger partial charge on any atom is -0.497 e. The largest absolute Gasteiger partial charge is 0.497 e. The van der Waals surface area contributed by atoms with Crippen LogP contribution in [0.15, 0.2) is 18.2 Å². The molecule has 0 spiro atoms. The highest BCUT2D eigenvalue weighted by Gasteiger charge is 2.31. The summed E-state index contributed by atoms with van der Waals surface area (Å²) in [5.41, 5.74) is 1.48. The molecule has 1 N–H and O–H groups in total. The van der Waals surface area contributed by atoms with Gasteiger partial charge in [-0.15, -0.1) is 0 Å². The average molecular weight is 220 g/mol. The van der Waals surface area contributed by atoms with Gasteiger partial charge in [-0.05, 0) is 36.1 Å². The molecule has 2 rings (SSSR count). The van der Waals surface area contributed by atoms with E-state index < -0.39 is 5.60 Å². The molecule has 1 aromatic carbocycles. The number of methoxy groups -OCH3 is 1. The van der Waals surface area contributed by atoms with Crippen molar-refractivity contribution in [3.63, 3.8) is 0 Å². The normalized spacial score (nSPS) is 23.6. The van der Waals surface area contributed by atoms with Gasteiger partial charge in [0.25, 0.3) is 0 Å². The topological polar surface area (TPSA) is 46.5 Å². The van der Waals surface area contributed by atoms with Gasteiger partial charge in [-0.3, -0.25) is 0 Å². The van der Waals surface area contributed by atoms with Gasteiger partial charge in [-0.25, -0.2) is 0 Å². The van der Waals surface area contributed by atoms with Gasteiger partial charge in [0.15, 0.2) is 0 Å². The highest BCUT2D eigenvalue weighted by Crippen LogP contribution is 2.32. The van der Waals surface area contributed by atoms with E-state index in [0.29, 0.717) is 12.8 Å². The third kappa shape index (κ3) is 2.09. The number of fused-ring (bicyclic) bond motifs is 1. The fourth-order valence-electron chi connectivity index (χ4n) is 2.28. The van der Waals surface area contributed by atoms with E-state index in [0.717, 1.165) is 24.0 Å². The molecule has 3 heteroatoms. The number of aldehydes is 1. The molecule has 1 aliphatic carbocycles. The van der Waals surface area contributed by atoms with Crippen LogP contribution < -0.4 is 4.74 Å². The molecule has 1 atom stereocenters. The van der Waals surface area contributed by atoms with Crippen molar-refractivity contribution in [1.29, 1.82) is 0 Å². The van der Waals surface area contributed by atoms with Gasteiger partial charge in [0.2, 0.25) is 0 Å². The Morgan fingerprint density at radius 3 is 3.00 bits per heavy atom. The van der Waals surface area contributed by atoms with Crippen molar-refractivity contribution < 1.29 is 14.6 Å². The van der Waals surface area contributed by atoms with Gasteiger partial charge in [0.1, 0.15) is 12.0 Å². The lowest BCUT2D eigenvalue weighted by Crippen LogP contribution is -2.36. The Labute approximate surface area is 95.0 Å². The molecule has 0 saturated heterocycles. The first-order valence-electron chi connectivity index (χ1n) is 5.49. The highest BCUT2D eigenvalue weighted by molar-refractivity contribution is 5.52. The Kier molecular flexibility index (Phi) is 2.97. The number of ether oxygens (including phenoxy) is 1. The Morgan fingerprint density at radius 2 is 2.31 bits per heavy atom. The quantitative estimate of drug-likeness (QED) is 0.785. The molecule has 0 aromatic heterocycles. The van der Waals surface area contributed by atoms with Crippen LogP contribution in [0.3, 0.4) is 0 Å². The van der Waals surface area contributed by atoms with E-state index in [1.807, 2.05) is 18.2 Å². The lowest BCUT2D eigenvalue weighted by Gasteiger charge is -2.32. The maximum atomic E-state index is 10.5. The zero-order chi connectivity index (χ0) is 11.6. The second kappa shape index (κ2) is 4.26. The molecule has 0 bridgehead atoms. The van der Waals surface area contributed by atoms with Crippen molar-refractivity contribution >= 4 is 6.29 Å². The molecule has 0 amide bonds. The van der Waals surface area contributed by atoms with Crippen molar-refractivity contribution in [3.8, 4) is 5.75 Å². The van der Waals surface area contributed by atoms with E-state index in [2.05, 4.69) is 0 Å². The molecule has 0 radical (unpaired) electrons. The van der Waals surface area contributed by atoms with Crippen LogP contribution in [0.1, 0.15) is 24.0 Å². The van der Waals surface area contributed by atoms with Crippen LogP contribution >= 0.6 is 0 Å². The Balaban J connectivity index is 2.27. The van der Waals surface area contributed by atoms with Crippen molar-refractivity contribution in [2.24, 2.45) is 0 Å². The molecule has 3 nitrogen and oxygen atoms in total. The molecule has 1 unspecified atom stereocenters. The van der Waals surface area contributed by atoms with Crippen LogP contribution in [0.2, 0.25) is 0 Å². The predicted molar refractivity (Wildman–Crippen MR) is 60.6 cm³/mol. The third-order valence-electron chi connectivity index (χ3n) is 3.26. The van der Waals surface area contributed by atoms with E-state index in [1.54, 1.807) is 7.11 Å². The SMILES string of the molecule is COc1ccc2c(c1)CC(O)(CC=O)CC2. The first-order chi connectivity index (χ1) is 7.67. The first kappa shape index (κ1) is 11.1. The van der Waals surface area contributed by atoms with E-state index in [9.17, 15) is 9.90 Å². The second-order valence-electron chi connectivity index (χ2n) is 4.41. The maximum absolute atomic E-state index is 10.5. The second-order valence-corrected chi connectivity index (χ2v) is 4.41. The van der Waals surface area contributed by atoms with Crippen LogP contribution in [0.4, 0.5) is 0 Å². The van der Waals surface area contributed by atoms with Crippen molar-refractivity contribution in [2.45, 2.75) is 31.3 Å². The molecule has 0 saturated carbocycles. The summed E-state index contributed by atoms with van der Waals surface area (Å²) in [6, 6.07) is 5.92. The maximum Gasteiger partial charge on any atom is 0.122 e. The zero-order valence-electron chi connectivity index (χ0n) is 9.40. The predicted octanol–water partition coefficient (Wildman–Crippen LogP) is 1.50. The standard InChI is InChI=1S/C13H16O3/c1-16-12-3-2-10-4-5-13(15,6-7-14)9-11(10)8-12/h2-3,7-8,15H,4-6,9H2,1H3. The monoisotopic (exact) mass is 220 g/mol. The third-order valence-corrected chi connectivity index (χ3v) is 3.26. The van der Waals surface area contributed by atoms with Crippen LogP contribution in [-0.2, 0) is 17.6 Å². The summed E-state index contributed by atoms with van der Waals surface area (Å²) in [6.45, 7) is 0. The number of hydrogen-bond acceptors (Lipinski definition) is 3. The smallest absolute Gasteiger partial charge is 0.122 e. The van der Waals surface area contributed by atoms with E-state index in [-0.39, 0.29) is 6.42 Å². The molecular formula is C13H16O3. The van der Waals surface area contributed by atoms with Gasteiger partial charge < -0.3 is 14.6 Å². The molecular weight excluding hydrogens is 204 g/mol. The number of aliphatic hydroxyl groups is 1. The summed E-state index contributed by atoms with van der Waals surface area (Å²) in [7, 11) is 1.63. The van der Waals surface area contributed by atoms with Crippen LogP contribution in [0.5, 0.6) is 5.75 Å². The number of carbonyl (C=O) groups excluding carboxylic acids is 1. The van der Waals surface area contributed by atoms with Gasteiger partial charge in [-0.1, -0.05) is 6.07 Å². The Hall–Kier alpha value is -1.35. The molecule has 0 fully saturated rings. The summed E-state index contributed by atoms with van der Waals surface area (Å²) in [5, 5.41) is 10.2. The lowest BCUT2D eigenvalue weighted by atomic mass is 9.79. The lowest BCUT2D eigenvalue weighted by molar-refractivity contribution is -0.112. The molecule has 0 aliphatic heterocycles. The van der Waals surface area contributed by atoms with Crippen LogP contribution in [0.25, 0.3) is 0 Å². The van der Waals surface area contributed by atoms with Gasteiger partial charge in [-0.2, -0.15) is 0 Å². The van der Waals surface area contributed by atoms with Gasteiger partial charge in [0, 0.05) is 12.8 Å². The number of aryl methyl sites for hydroxylation is 1. The first-order valence-corrected chi connectivity index (χ1v) is 5.49. The molecule has 16 heavy (non-hydrogen) atoms. The minimum absolute atomic E-state index is 0.212. The fourth-order valence-corrected chi connectivity index (χ4v) is 2.28. The average Bonchev–Trinajstić information content (AvgIpc) is 2.28. The highest BCUT2D eigenvalue weighted by atomic mass is 16.5. The molecule has 0 heterocycles. The number of hydrogen-bond donors (Lipinski definition) is 1. The molecule has 86 valence electrons. The summed E-state index contributed by atoms with van der Waals surface area (Å²) in [5.74, 6) is 0.800. The summed E-state index contributed by atoms with van der Waals surface area (Å²) in [4.78, 5) is 10.5. The van der Waals surface area contributed by atoms with Gasteiger partial charge in [0.05, 0.1) is 12.7 Å². The zero-order valence-corrected chi connectivity index (χ0v) is 9.40. The fraction of sp³-hybridized carbons (Fsp3) is 0.462. The van der Waals surface area contributed by atoms with Crippen molar-refractivity contribution in [2.75, 3.05) is 7.11 Å². The van der Waals surface area contributed by atoms with E-state index in [4.69, 9.17) is 4.74 Å². The Morgan fingerprint density at radius 1 is 1.50 bits per heavy atom. The van der Waals surface area contributed by atoms with Crippen LogP contribution in [-0.4, -0.2) is 24.1 Å². The molecule has 1 aliphatic rings. The summed E-state index contributed by atoms with van der Waals surface area (Å²) >= 11 is 0. The van der Waals surface area contributed by atoms with Crippen LogP contribution in [0, 0.1) is 0 Å². The van der Waals surface area contributed by atoms with Crippen molar-refractivity contribution in [3.05, 3.63) is 29.3 Å². The summed E-state index contributed by atoms with van der Waals surface area (Å²) < 4.78 is 5.16. The van der Waals surface area contributed by atoms with Crippen molar-refractivity contribution in [1.82, 2.24) is 0 Å². The summed E-state index contributed by atoms with van der Waals surface area (Å²) in [6.07, 6.45) is 3.03. The van der Waals surface area contributed by atoms with Gasteiger partial charge >= 0.3 is 0 Å². The number of benzene rings is 1. The van der Waals surface area contributed by atoms with E-state index in [1.165, 1.54) is 5.56 Å². The van der Waals surface area contributed by atoms with E-state index >= 15 is 0 Å².